The molecular weight excluding hydrogens is 310 g/mol. The van der Waals surface area contributed by atoms with Gasteiger partial charge in [-0.15, -0.1) is 0 Å². The summed E-state index contributed by atoms with van der Waals surface area (Å²) >= 11 is 0. The highest BCUT2D eigenvalue weighted by Gasteiger charge is 2.06. The van der Waals surface area contributed by atoms with Gasteiger partial charge in [-0.3, -0.25) is 0 Å². The molecule has 3 heteroatoms. The van der Waals surface area contributed by atoms with Gasteiger partial charge in [0, 0.05) is 5.69 Å². The number of ether oxygens (including phenoxy) is 2. The molecule has 2 aromatic rings. The first-order valence-electron chi connectivity index (χ1n) is 9.25. The average Bonchev–Trinajstić information content (AvgIpc) is 2.61. The van der Waals surface area contributed by atoms with Crippen molar-refractivity contribution in [2.75, 3.05) is 11.9 Å². The molecule has 2 atom stereocenters. The summed E-state index contributed by atoms with van der Waals surface area (Å²) in [6, 6.07) is 16.5. The first-order chi connectivity index (χ1) is 12.0. The Hall–Kier alpha value is -2.16. The van der Waals surface area contributed by atoms with Crippen molar-refractivity contribution in [3.8, 4) is 11.5 Å². The van der Waals surface area contributed by atoms with Crippen molar-refractivity contribution < 1.29 is 9.47 Å². The zero-order valence-corrected chi connectivity index (χ0v) is 16.1. The highest BCUT2D eigenvalue weighted by Crippen LogP contribution is 2.20. The SMILES string of the molecule is CCC(C)Oc1ccc(NCC(C)Oc2ccc(C(C)C)cc2)cc1. The number of hydrogen-bond donors (Lipinski definition) is 1. The minimum atomic E-state index is 0.0842. The molecule has 1 N–H and O–H groups in total. The molecular formula is C22H31NO2. The molecule has 0 saturated heterocycles. The summed E-state index contributed by atoms with van der Waals surface area (Å²) in [7, 11) is 0. The predicted molar refractivity (Wildman–Crippen MR) is 106 cm³/mol. The normalized spacial score (nSPS) is 13.4. The van der Waals surface area contributed by atoms with Gasteiger partial charge in [0.1, 0.15) is 17.6 Å². The van der Waals surface area contributed by atoms with Crippen molar-refractivity contribution in [2.45, 2.75) is 59.2 Å². The van der Waals surface area contributed by atoms with E-state index in [1.165, 1.54) is 5.56 Å². The topological polar surface area (TPSA) is 30.5 Å². The van der Waals surface area contributed by atoms with E-state index in [1.54, 1.807) is 0 Å². The lowest BCUT2D eigenvalue weighted by atomic mass is 10.0. The van der Waals surface area contributed by atoms with Crippen LogP contribution >= 0.6 is 0 Å². The molecule has 0 fully saturated rings. The van der Waals surface area contributed by atoms with Crippen LogP contribution in [0, 0.1) is 0 Å². The smallest absolute Gasteiger partial charge is 0.119 e. The molecule has 0 aromatic heterocycles. The standard InChI is InChI=1S/C22H31NO2/c1-6-17(4)24-22-13-9-20(10-14-22)23-15-18(5)25-21-11-7-19(8-12-21)16(2)3/h7-14,16-18,23H,6,15H2,1-5H3. The van der Waals surface area contributed by atoms with E-state index in [-0.39, 0.29) is 12.2 Å². The van der Waals surface area contributed by atoms with Crippen LogP contribution in [0.15, 0.2) is 48.5 Å². The van der Waals surface area contributed by atoms with Crippen LogP contribution in [-0.4, -0.2) is 18.8 Å². The summed E-state index contributed by atoms with van der Waals surface area (Å²) in [5, 5.41) is 3.41. The average molecular weight is 341 g/mol. The maximum Gasteiger partial charge on any atom is 0.119 e. The summed E-state index contributed by atoms with van der Waals surface area (Å²) in [5.74, 6) is 2.37. The number of anilines is 1. The number of rotatable bonds is 9. The van der Waals surface area contributed by atoms with Crippen LogP contribution in [0.25, 0.3) is 0 Å². The van der Waals surface area contributed by atoms with Gasteiger partial charge in [0.2, 0.25) is 0 Å². The molecule has 2 aromatic carbocycles. The summed E-state index contributed by atoms with van der Waals surface area (Å²) in [5.41, 5.74) is 2.40. The second-order valence-electron chi connectivity index (χ2n) is 6.89. The summed E-state index contributed by atoms with van der Waals surface area (Å²) in [6.45, 7) is 11.4. The Morgan fingerprint density at radius 2 is 1.28 bits per heavy atom. The van der Waals surface area contributed by atoms with E-state index in [0.29, 0.717) is 5.92 Å². The van der Waals surface area contributed by atoms with Crippen LogP contribution in [0.1, 0.15) is 52.5 Å². The first kappa shape index (κ1) is 19.2. The van der Waals surface area contributed by atoms with Gasteiger partial charge in [-0.2, -0.15) is 0 Å². The van der Waals surface area contributed by atoms with E-state index in [4.69, 9.17) is 9.47 Å². The Labute approximate surface area is 152 Å². The van der Waals surface area contributed by atoms with Crippen LogP contribution in [0.5, 0.6) is 11.5 Å². The van der Waals surface area contributed by atoms with E-state index in [0.717, 1.165) is 30.2 Å². The van der Waals surface area contributed by atoms with Gasteiger partial charge in [0.05, 0.1) is 12.6 Å². The Morgan fingerprint density at radius 3 is 1.80 bits per heavy atom. The first-order valence-corrected chi connectivity index (χ1v) is 9.25. The lowest BCUT2D eigenvalue weighted by Crippen LogP contribution is -2.22. The van der Waals surface area contributed by atoms with E-state index in [9.17, 15) is 0 Å². The lowest BCUT2D eigenvalue weighted by Gasteiger charge is -2.17. The fourth-order valence-electron chi connectivity index (χ4n) is 2.43. The maximum absolute atomic E-state index is 5.97. The quantitative estimate of drug-likeness (QED) is 0.619. The highest BCUT2D eigenvalue weighted by atomic mass is 16.5. The molecule has 2 unspecified atom stereocenters. The van der Waals surface area contributed by atoms with Crippen LogP contribution < -0.4 is 14.8 Å². The molecule has 0 amide bonds. The van der Waals surface area contributed by atoms with Crippen LogP contribution in [0.3, 0.4) is 0 Å². The predicted octanol–water partition coefficient (Wildman–Crippen LogP) is 5.87. The van der Waals surface area contributed by atoms with Gasteiger partial charge in [-0.1, -0.05) is 32.9 Å². The van der Waals surface area contributed by atoms with Crippen molar-refractivity contribution in [1.82, 2.24) is 0 Å². The Bertz CT molecular complexity index is 619. The molecule has 25 heavy (non-hydrogen) atoms. The third-order valence-corrected chi connectivity index (χ3v) is 4.24. The van der Waals surface area contributed by atoms with Gasteiger partial charge >= 0.3 is 0 Å². The summed E-state index contributed by atoms with van der Waals surface area (Å²) in [6.07, 6.45) is 1.34. The fourth-order valence-corrected chi connectivity index (χ4v) is 2.43. The Balaban J connectivity index is 1.80. The minimum absolute atomic E-state index is 0.0842. The van der Waals surface area contributed by atoms with Gasteiger partial charge in [-0.25, -0.2) is 0 Å². The summed E-state index contributed by atoms with van der Waals surface area (Å²) in [4.78, 5) is 0. The molecule has 0 saturated carbocycles. The second kappa shape index (κ2) is 9.36. The molecule has 2 rings (SSSR count). The molecule has 0 heterocycles. The minimum Gasteiger partial charge on any atom is -0.491 e. The van der Waals surface area contributed by atoms with E-state index >= 15 is 0 Å². The maximum atomic E-state index is 5.97. The van der Waals surface area contributed by atoms with Gasteiger partial charge in [0.25, 0.3) is 0 Å². The molecule has 136 valence electrons. The monoisotopic (exact) mass is 341 g/mol. The zero-order valence-electron chi connectivity index (χ0n) is 16.1. The molecule has 0 aliphatic carbocycles. The van der Waals surface area contributed by atoms with Gasteiger partial charge in [0.15, 0.2) is 0 Å². The highest BCUT2D eigenvalue weighted by molar-refractivity contribution is 5.46. The van der Waals surface area contributed by atoms with Crippen LogP contribution in [-0.2, 0) is 0 Å². The van der Waals surface area contributed by atoms with E-state index in [2.05, 4.69) is 52.1 Å². The largest absolute Gasteiger partial charge is 0.491 e. The molecule has 0 spiro atoms. The molecule has 0 bridgehead atoms. The number of benzene rings is 2. The van der Waals surface area contributed by atoms with E-state index in [1.807, 2.05) is 36.4 Å². The molecule has 3 nitrogen and oxygen atoms in total. The molecule has 0 aliphatic rings. The van der Waals surface area contributed by atoms with E-state index < -0.39 is 0 Å². The molecule has 0 aliphatic heterocycles. The Morgan fingerprint density at radius 1 is 0.760 bits per heavy atom. The van der Waals surface area contributed by atoms with Crippen molar-refractivity contribution in [3.63, 3.8) is 0 Å². The lowest BCUT2D eigenvalue weighted by molar-refractivity contribution is 0.217. The van der Waals surface area contributed by atoms with Crippen molar-refractivity contribution in [2.24, 2.45) is 0 Å². The van der Waals surface area contributed by atoms with Gasteiger partial charge in [-0.05, 0) is 68.1 Å². The van der Waals surface area contributed by atoms with Crippen molar-refractivity contribution in [1.29, 1.82) is 0 Å². The second-order valence-corrected chi connectivity index (χ2v) is 6.89. The van der Waals surface area contributed by atoms with Crippen LogP contribution in [0.4, 0.5) is 5.69 Å². The summed E-state index contributed by atoms with van der Waals surface area (Å²) < 4.78 is 11.8. The Kier molecular flexibility index (Phi) is 7.17. The fraction of sp³-hybridized carbons (Fsp3) is 0.455. The third kappa shape index (κ3) is 6.33. The number of hydrogen-bond acceptors (Lipinski definition) is 3. The van der Waals surface area contributed by atoms with Crippen molar-refractivity contribution >= 4 is 5.69 Å². The van der Waals surface area contributed by atoms with Crippen LogP contribution in [0.2, 0.25) is 0 Å². The van der Waals surface area contributed by atoms with Crippen molar-refractivity contribution in [3.05, 3.63) is 54.1 Å². The molecule has 0 radical (unpaired) electrons. The zero-order chi connectivity index (χ0) is 18.2. The van der Waals surface area contributed by atoms with Gasteiger partial charge < -0.3 is 14.8 Å². The third-order valence-electron chi connectivity index (χ3n) is 4.24. The number of nitrogens with one attached hydrogen (secondary N) is 1.